The summed E-state index contributed by atoms with van der Waals surface area (Å²) in [5.41, 5.74) is -0.264. The molecule has 1 aromatic carbocycles. The second-order valence-electron chi connectivity index (χ2n) is 8.57. The molecule has 5 rings (SSSR count). The molecule has 0 N–H and O–H groups in total. The smallest absolute Gasteiger partial charge is 0.353 e. The summed E-state index contributed by atoms with van der Waals surface area (Å²) in [4.78, 5) is 42.9. The van der Waals surface area contributed by atoms with Crippen LogP contribution < -0.4 is 4.90 Å². The van der Waals surface area contributed by atoms with Crippen molar-refractivity contribution < 1.29 is 19.1 Å². The van der Waals surface area contributed by atoms with Crippen molar-refractivity contribution in [2.75, 3.05) is 11.5 Å². The Labute approximate surface area is 164 Å². The summed E-state index contributed by atoms with van der Waals surface area (Å²) in [5, 5.41) is 0. The molecule has 2 heterocycles. The van der Waals surface area contributed by atoms with Gasteiger partial charge in [0.15, 0.2) is 0 Å². The van der Waals surface area contributed by atoms with Crippen LogP contribution in [0, 0.1) is 5.92 Å². The van der Waals surface area contributed by atoms with Gasteiger partial charge in [-0.3, -0.25) is 14.5 Å². The number of esters is 1. The number of carbonyl (C=O) groups excluding carboxylic acids is 3. The van der Waals surface area contributed by atoms with Gasteiger partial charge in [-0.05, 0) is 43.7 Å². The van der Waals surface area contributed by atoms with E-state index in [9.17, 15) is 14.4 Å². The fourth-order valence-electron chi connectivity index (χ4n) is 5.18. The van der Waals surface area contributed by atoms with Crippen molar-refractivity contribution in [2.45, 2.75) is 69.5 Å². The van der Waals surface area contributed by atoms with E-state index < -0.39 is 11.6 Å². The van der Waals surface area contributed by atoms with Crippen molar-refractivity contribution in [3.05, 3.63) is 29.8 Å². The largest absolute Gasteiger partial charge is 0.462 e. The monoisotopic (exact) mass is 382 g/mol. The van der Waals surface area contributed by atoms with E-state index in [1.54, 1.807) is 28.0 Å². The molecular formula is C22H26N2O4. The normalized spacial score (nSPS) is 27.6. The van der Waals surface area contributed by atoms with Crippen LogP contribution in [0.3, 0.4) is 0 Å². The molecule has 4 aliphatic rings. The number of para-hydroxylation sites is 1. The maximum atomic E-state index is 13.5. The van der Waals surface area contributed by atoms with Gasteiger partial charge < -0.3 is 9.64 Å². The molecule has 2 amide bonds. The summed E-state index contributed by atoms with van der Waals surface area (Å²) in [6.07, 6.45) is 8.07. The molecule has 2 saturated carbocycles. The van der Waals surface area contributed by atoms with Crippen LogP contribution in [0.5, 0.6) is 0 Å². The highest BCUT2D eigenvalue weighted by molar-refractivity contribution is 6.15. The van der Waals surface area contributed by atoms with Gasteiger partial charge in [0.25, 0.3) is 5.91 Å². The van der Waals surface area contributed by atoms with Gasteiger partial charge in [-0.1, -0.05) is 31.4 Å². The Balaban J connectivity index is 1.51. The molecule has 0 bridgehead atoms. The number of rotatable bonds is 4. The van der Waals surface area contributed by atoms with Crippen LogP contribution in [-0.4, -0.2) is 41.0 Å². The van der Waals surface area contributed by atoms with Crippen LogP contribution in [0.1, 0.15) is 68.1 Å². The molecule has 28 heavy (non-hydrogen) atoms. The second kappa shape index (κ2) is 6.61. The van der Waals surface area contributed by atoms with Gasteiger partial charge >= 0.3 is 5.97 Å². The Kier molecular flexibility index (Phi) is 4.18. The van der Waals surface area contributed by atoms with Crippen molar-refractivity contribution in [1.82, 2.24) is 4.90 Å². The van der Waals surface area contributed by atoms with Crippen LogP contribution in [-0.2, 0) is 14.3 Å². The number of carbonyl (C=O) groups is 3. The zero-order valence-electron chi connectivity index (χ0n) is 16.1. The first-order valence-electron chi connectivity index (χ1n) is 10.6. The van der Waals surface area contributed by atoms with Gasteiger partial charge in [0.2, 0.25) is 11.6 Å². The Morgan fingerprint density at radius 1 is 1.07 bits per heavy atom. The third kappa shape index (κ3) is 2.57. The molecule has 2 aliphatic heterocycles. The van der Waals surface area contributed by atoms with E-state index in [1.807, 2.05) is 6.07 Å². The zero-order chi connectivity index (χ0) is 19.3. The lowest BCUT2D eigenvalue weighted by Crippen LogP contribution is -2.69. The fraction of sp³-hybridized carbons (Fsp3) is 0.591. The molecule has 6 nitrogen and oxygen atoms in total. The van der Waals surface area contributed by atoms with Gasteiger partial charge in [-0.15, -0.1) is 0 Å². The van der Waals surface area contributed by atoms with Crippen molar-refractivity contribution in [3.63, 3.8) is 0 Å². The lowest BCUT2D eigenvalue weighted by molar-refractivity contribution is -0.159. The summed E-state index contributed by atoms with van der Waals surface area (Å²) in [5.74, 6) is -0.307. The fourth-order valence-corrected chi connectivity index (χ4v) is 5.18. The Hall–Kier alpha value is -2.37. The molecule has 2 aliphatic carbocycles. The van der Waals surface area contributed by atoms with E-state index in [0.717, 1.165) is 25.7 Å². The van der Waals surface area contributed by atoms with Crippen LogP contribution in [0.2, 0.25) is 0 Å². The minimum absolute atomic E-state index is 0.0106. The third-order valence-electron chi connectivity index (χ3n) is 6.71. The zero-order valence-corrected chi connectivity index (χ0v) is 16.1. The predicted octanol–water partition coefficient (Wildman–Crippen LogP) is 3.25. The van der Waals surface area contributed by atoms with Gasteiger partial charge in [-0.2, -0.15) is 0 Å². The quantitative estimate of drug-likeness (QED) is 0.750. The van der Waals surface area contributed by atoms with Gasteiger partial charge in [0, 0.05) is 18.9 Å². The summed E-state index contributed by atoms with van der Waals surface area (Å²) in [7, 11) is 0. The van der Waals surface area contributed by atoms with E-state index in [2.05, 4.69) is 0 Å². The van der Waals surface area contributed by atoms with E-state index >= 15 is 0 Å². The third-order valence-corrected chi connectivity index (χ3v) is 6.71. The molecule has 1 saturated heterocycles. The number of benzene rings is 1. The maximum Gasteiger partial charge on any atom is 0.353 e. The summed E-state index contributed by atoms with van der Waals surface area (Å²) in [6, 6.07) is 7.13. The Morgan fingerprint density at radius 3 is 2.57 bits per heavy atom. The lowest BCUT2D eigenvalue weighted by Gasteiger charge is -2.48. The molecule has 148 valence electrons. The lowest BCUT2D eigenvalue weighted by atomic mass is 9.90. The van der Waals surface area contributed by atoms with Crippen molar-refractivity contribution in [2.24, 2.45) is 5.92 Å². The number of hydrogen-bond acceptors (Lipinski definition) is 4. The SMILES string of the molecule is O=C1CC[C@@]2(C(=O)OCC3CCCCC3)N1c1ccccc1C(=O)N2C1CC1. The number of anilines is 1. The van der Waals surface area contributed by atoms with Crippen molar-refractivity contribution in [1.29, 1.82) is 0 Å². The Bertz CT molecular complexity index is 828. The van der Waals surface area contributed by atoms with Gasteiger partial charge in [-0.25, -0.2) is 4.79 Å². The molecular weight excluding hydrogens is 356 g/mol. The van der Waals surface area contributed by atoms with E-state index in [4.69, 9.17) is 4.74 Å². The molecule has 1 atom stereocenters. The summed E-state index contributed by atoms with van der Waals surface area (Å²) in [6.45, 7) is 0.386. The topological polar surface area (TPSA) is 66.9 Å². The number of fused-ring (bicyclic) bond motifs is 3. The summed E-state index contributed by atoms with van der Waals surface area (Å²) < 4.78 is 5.82. The highest BCUT2D eigenvalue weighted by Gasteiger charge is 2.64. The van der Waals surface area contributed by atoms with E-state index in [0.29, 0.717) is 30.2 Å². The number of ether oxygens (including phenoxy) is 1. The second-order valence-corrected chi connectivity index (χ2v) is 8.57. The van der Waals surface area contributed by atoms with Crippen LogP contribution in [0.15, 0.2) is 24.3 Å². The highest BCUT2D eigenvalue weighted by atomic mass is 16.5. The minimum Gasteiger partial charge on any atom is -0.462 e. The minimum atomic E-state index is -1.31. The molecule has 6 heteroatoms. The first-order chi connectivity index (χ1) is 13.6. The number of amides is 2. The van der Waals surface area contributed by atoms with Crippen LogP contribution >= 0.6 is 0 Å². The molecule has 3 fully saturated rings. The first kappa shape index (κ1) is 17.7. The average Bonchev–Trinajstić information content (AvgIpc) is 3.49. The van der Waals surface area contributed by atoms with E-state index in [-0.39, 0.29) is 24.3 Å². The van der Waals surface area contributed by atoms with Crippen LogP contribution in [0.4, 0.5) is 5.69 Å². The van der Waals surface area contributed by atoms with Crippen molar-refractivity contribution in [3.8, 4) is 0 Å². The van der Waals surface area contributed by atoms with Gasteiger partial charge in [0.1, 0.15) is 0 Å². The number of nitrogens with zero attached hydrogens (tertiary/aromatic N) is 2. The maximum absolute atomic E-state index is 13.5. The first-order valence-corrected chi connectivity index (χ1v) is 10.6. The molecule has 0 unspecified atom stereocenters. The van der Waals surface area contributed by atoms with Crippen LogP contribution in [0.25, 0.3) is 0 Å². The average molecular weight is 382 g/mol. The van der Waals surface area contributed by atoms with Crippen molar-refractivity contribution >= 4 is 23.5 Å². The molecule has 0 aromatic heterocycles. The molecule has 1 aromatic rings. The predicted molar refractivity (Wildman–Crippen MR) is 103 cm³/mol. The summed E-state index contributed by atoms with van der Waals surface area (Å²) >= 11 is 0. The standard InChI is InChI=1S/C22H26N2O4/c25-19-12-13-22(21(27)28-14-15-6-2-1-3-7-15)23(16-10-11-16)20(26)17-8-4-5-9-18(17)24(19)22/h4-5,8-9,15-16H,1-3,6-7,10-14H2/t22-/m0/s1. The number of hydrogen-bond donors (Lipinski definition) is 0. The van der Waals surface area contributed by atoms with Gasteiger partial charge in [0.05, 0.1) is 17.9 Å². The van der Waals surface area contributed by atoms with E-state index in [1.165, 1.54) is 19.3 Å². The highest BCUT2D eigenvalue weighted by Crippen LogP contribution is 2.49. The molecule has 0 spiro atoms. The Morgan fingerprint density at radius 2 is 1.82 bits per heavy atom. The molecule has 0 radical (unpaired) electrons.